The monoisotopic (exact) mass is 113 g/mol. The minimum Gasteiger partial charge on any atom is -0.405 e. The Balaban J connectivity index is 0. The second kappa shape index (κ2) is 16.3. The first kappa shape index (κ1) is 10.3. The van der Waals surface area contributed by atoms with E-state index in [4.69, 9.17) is 5.73 Å². The molecule has 0 aromatic carbocycles. The van der Waals surface area contributed by atoms with Crippen LogP contribution >= 0.6 is 0 Å². The van der Waals surface area contributed by atoms with E-state index in [9.17, 15) is 0 Å². The summed E-state index contributed by atoms with van der Waals surface area (Å²) >= 11 is 0. The van der Waals surface area contributed by atoms with E-state index >= 15 is 0 Å². The van der Waals surface area contributed by atoms with E-state index in [1.54, 1.807) is 6.08 Å². The molecule has 0 aromatic heterocycles. The van der Waals surface area contributed by atoms with Gasteiger partial charge in [-0.25, -0.2) is 0 Å². The van der Waals surface area contributed by atoms with Crippen LogP contribution in [-0.4, -0.2) is 0 Å². The summed E-state index contributed by atoms with van der Waals surface area (Å²) in [5.74, 6) is 0. The summed E-state index contributed by atoms with van der Waals surface area (Å²) in [7, 11) is 0. The van der Waals surface area contributed by atoms with Crippen LogP contribution in [0.2, 0.25) is 0 Å². The second-order valence-electron chi connectivity index (χ2n) is 0.911. The van der Waals surface area contributed by atoms with Gasteiger partial charge in [-0.1, -0.05) is 26.0 Å². The summed E-state index contributed by atoms with van der Waals surface area (Å²) in [5, 5.41) is 0. The van der Waals surface area contributed by atoms with Crippen molar-refractivity contribution in [3.05, 3.63) is 24.4 Å². The van der Waals surface area contributed by atoms with Gasteiger partial charge in [-0.05, 0) is 19.2 Å². The van der Waals surface area contributed by atoms with Crippen LogP contribution in [0.4, 0.5) is 0 Å². The molecule has 8 heavy (non-hydrogen) atoms. The zero-order valence-corrected chi connectivity index (χ0v) is 5.89. The Morgan fingerprint density at radius 3 is 1.75 bits per heavy atom. The van der Waals surface area contributed by atoms with Crippen LogP contribution in [0.3, 0.4) is 0 Å². The van der Waals surface area contributed by atoms with Crippen molar-refractivity contribution in [2.75, 3.05) is 0 Å². The molecule has 0 fully saturated rings. The quantitative estimate of drug-likeness (QED) is 0.517. The molecule has 0 saturated heterocycles. The largest absolute Gasteiger partial charge is 0.405 e. The molecular weight excluding hydrogens is 98.1 g/mol. The molecule has 0 saturated carbocycles. The van der Waals surface area contributed by atoms with Gasteiger partial charge in [0.15, 0.2) is 0 Å². The highest BCUT2D eigenvalue weighted by Gasteiger charge is 1.48. The smallest absolute Gasteiger partial charge is 0.00625 e. The van der Waals surface area contributed by atoms with E-state index in [1.807, 2.05) is 32.9 Å². The van der Waals surface area contributed by atoms with Crippen LogP contribution in [-0.2, 0) is 0 Å². The van der Waals surface area contributed by atoms with Gasteiger partial charge in [0.2, 0.25) is 0 Å². The molecule has 0 heterocycles. The third-order valence-electron chi connectivity index (χ3n) is 0.415. The molecule has 1 nitrogen and oxygen atoms in total. The summed E-state index contributed by atoms with van der Waals surface area (Å²) in [6, 6.07) is 0. The maximum Gasteiger partial charge on any atom is -0.00625 e. The van der Waals surface area contributed by atoms with Crippen molar-refractivity contribution in [2.45, 2.75) is 20.8 Å². The summed E-state index contributed by atoms with van der Waals surface area (Å²) in [6.07, 6.45) is 7.07. The minimum atomic E-state index is 1.50. The molecule has 0 aliphatic heterocycles. The van der Waals surface area contributed by atoms with Gasteiger partial charge < -0.3 is 5.73 Å². The average molecular weight is 113 g/mol. The molecule has 0 spiro atoms. The maximum atomic E-state index is 4.98. The molecule has 0 atom stereocenters. The van der Waals surface area contributed by atoms with Gasteiger partial charge in [-0.3, -0.25) is 0 Å². The number of hydrogen-bond acceptors (Lipinski definition) is 1. The fraction of sp³-hybridized carbons (Fsp3) is 0.429. The van der Waals surface area contributed by atoms with E-state index in [-0.39, 0.29) is 0 Å². The molecule has 0 aromatic rings. The normalized spacial score (nSPS) is 9.38. The zero-order valence-electron chi connectivity index (χ0n) is 5.89. The lowest BCUT2D eigenvalue weighted by Gasteiger charge is -1.63. The highest BCUT2D eigenvalue weighted by molar-refractivity contribution is 4.98. The van der Waals surface area contributed by atoms with E-state index in [1.165, 1.54) is 6.20 Å². The minimum absolute atomic E-state index is 1.50. The average Bonchev–Trinajstić information content (AvgIpc) is 1.88. The van der Waals surface area contributed by atoms with Crippen molar-refractivity contribution in [1.82, 2.24) is 0 Å². The summed E-state index contributed by atoms with van der Waals surface area (Å²) < 4.78 is 0. The van der Waals surface area contributed by atoms with Gasteiger partial charge in [-0.2, -0.15) is 0 Å². The lowest BCUT2D eigenvalue weighted by molar-refractivity contribution is 1.50. The number of allylic oxidation sites excluding steroid dienone is 3. The fourth-order valence-corrected chi connectivity index (χ4v) is 0.175. The topological polar surface area (TPSA) is 26.0 Å². The van der Waals surface area contributed by atoms with E-state index in [0.29, 0.717) is 0 Å². The Kier molecular flexibility index (Phi) is 20.9. The third kappa shape index (κ3) is 18.6. The van der Waals surface area contributed by atoms with Crippen molar-refractivity contribution in [3.63, 3.8) is 0 Å². The van der Waals surface area contributed by atoms with Crippen LogP contribution in [0, 0.1) is 0 Å². The Bertz CT molecular complexity index is 52.8. The second-order valence-corrected chi connectivity index (χ2v) is 0.911. The number of hydrogen-bond donors (Lipinski definition) is 1. The first-order chi connectivity index (χ1) is 3.91. The predicted octanol–water partition coefficient (Wildman–Crippen LogP) is 2.06. The molecule has 0 radical (unpaired) electrons. The molecule has 0 aliphatic carbocycles. The maximum absolute atomic E-state index is 4.98. The van der Waals surface area contributed by atoms with Gasteiger partial charge in [0, 0.05) is 0 Å². The Morgan fingerprint density at radius 2 is 1.62 bits per heavy atom. The Morgan fingerprint density at radius 1 is 1.12 bits per heavy atom. The Labute approximate surface area is 51.9 Å². The van der Waals surface area contributed by atoms with Crippen molar-refractivity contribution >= 4 is 0 Å². The molecule has 0 rings (SSSR count). The van der Waals surface area contributed by atoms with Crippen LogP contribution < -0.4 is 5.73 Å². The highest BCUT2D eigenvalue weighted by atomic mass is 14.5. The summed E-state index contributed by atoms with van der Waals surface area (Å²) in [6.45, 7) is 5.94. The van der Waals surface area contributed by atoms with E-state index in [0.717, 1.165) is 0 Å². The lowest BCUT2D eigenvalue weighted by Crippen LogP contribution is -1.71. The molecule has 1 heteroatoms. The van der Waals surface area contributed by atoms with Crippen LogP contribution in [0.5, 0.6) is 0 Å². The van der Waals surface area contributed by atoms with Gasteiger partial charge in [0.1, 0.15) is 0 Å². The molecule has 0 bridgehead atoms. The molecule has 2 N–H and O–H groups in total. The van der Waals surface area contributed by atoms with Crippen molar-refractivity contribution in [3.8, 4) is 0 Å². The highest BCUT2D eigenvalue weighted by Crippen LogP contribution is 1.67. The Hall–Kier alpha value is -0.720. The van der Waals surface area contributed by atoms with Gasteiger partial charge in [0.05, 0.1) is 0 Å². The van der Waals surface area contributed by atoms with E-state index < -0.39 is 0 Å². The SMILES string of the molecule is C/C=C\C=C\N.CC. The van der Waals surface area contributed by atoms with Crippen LogP contribution in [0.1, 0.15) is 20.8 Å². The van der Waals surface area contributed by atoms with Gasteiger partial charge >= 0.3 is 0 Å². The van der Waals surface area contributed by atoms with Crippen molar-refractivity contribution in [1.29, 1.82) is 0 Å². The summed E-state index contributed by atoms with van der Waals surface area (Å²) in [5.41, 5.74) is 4.98. The van der Waals surface area contributed by atoms with Crippen LogP contribution in [0.15, 0.2) is 24.4 Å². The predicted molar refractivity (Wildman–Crippen MR) is 39.5 cm³/mol. The lowest BCUT2D eigenvalue weighted by atomic mass is 10.5. The van der Waals surface area contributed by atoms with Gasteiger partial charge in [-0.15, -0.1) is 0 Å². The number of nitrogens with two attached hydrogens (primary N) is 1. The molecule has 0 aliphatic rings. The molecule has 0 amide bonds. The van der Waals surface area contributed by atoms with Crippen molar-refractivity contribution < 1.29 is 0 Å². The van der Waals surface area contributed by atoms with E-state index in [2.05, 4.69) is 0 Å². The van der Waals surface area contributed by atoms with Gasteiger partial charge in [0.25, 0.3) is 0 Å². The zero-order chi connectivity index (χ0) is 6.83. The van der Waals surface area contributed by atoms with Crippen LogP contribution in [0.25, 0.3) is 0 Å². The number of rotatable bonds is 1. The third-order valence-corrected chi connectivity index (χ3v) is 0.415. The van der Waals surface area contributed by atoms with Crippen molar-refractivity contribution in [2.24, 2.45) is 5.73 Å². The molecule has 48 valence electrons. The summed E-state index contributed by atoms with van der Waals surface area (Å²) in [4.78, 5) is 0. The molecular formula is C7H15N. The first-order valence-corrected chi connectivity index (χ1v) is 2.91. The molecule has 0 unspecified atom stereocenters. The fourth-order valence-electron chi connectivity index (χ4n) is 0.175. The standard InChI is InChI=1S/C5H9N.C2H6/c1-2-3-4-5-6;1-2/h2-5H,6H2,1H3;1-2H3/b3-2-,5-4+;. The first-order valence-electron chi connectivity index (χ1n) is 2.91.